The number of alkyl carbamates (subject to hydrolysis) is 1. The number of nitrogens with one attached hydrogen (secondary N) is 1. The number of nitrogens with zero attached hydrogens (tertiary/aromatic N) is 2. The van der Waals surface area contributed by atoms with Crippen LogP contribution >= 0.6 is 11.6 Å². The van der Waals surface area contributed by atoms with E-state index in [0.29, 0.717) is 31.0 Å². The van der Waals surface area contributed by atoms with E-state index in [-0.39, 0.29) is 5.91 Å². The summed E-state index contributed by atoms with van der Waals surface area (Å²) in [4.78, 5) is 28.1. The number of carbonyl (C=O) groups is 2. The van der Waals surface area contributed by atoms with E-state index in [1.165, 1.54) is 0 Å². The predicted octanol–water partition coefficient (Wildman–Crippen LogP) is 3.17. The summed E-state index contributed by atoms with van der Waals surface area (Å²) in [6.45, 7) is 10.4. The maximum atomic E-state index is 12.3. The molecule has 0 bridgehead atoms. The van der Waals surface area contributed by atoms with Crippen LogP contribution in [0.5, 0.6) is 5.75 Å². The van der Waals surface area contributed by atoms with E-state index in [1.54, 1.807) is 0 Å². The zero-order valence-corrected chi connectivity index (χ0v) is 18.3. The molecule has 0 aromatic heterocycles. The fourth-order valence-electron chi connectivity index (χ4n) is 2.95. The minimum absolute atomic E-state index is 0.132. The monoisotopic (exact) mass is 425 g/mol. The number of rotatable bonds is 8. The third kappa shape index (κ3) is 9.37. The highest BCUT2D eigenvalue weighted by Gasteiger charge is 2.21. The van der Waals surface area contributed by atoms with Crippen molar-refractivity contribution in [2.45, 2.75) is 39.2 Å². The van der Waals surface area contributed by atoms with E-state index >= 15 is 0 Å². The first kappa shape index (κ1) is 23.3. The van der Waals surface area contributed by atoms with Crippen molar-refractivity contribution in [2.75, 3.05) is 45.9 Å². The topological polar surface area (TPSA) is 71.1 Å². The summed E-state index contributed by atoms with van der Waals surface area (Å²) in [5, 5.41) is 3.38. The minimum atomic E-state index is -0.514. The van der Waals surface area contributed by atoms with Gasteiger partial charge in [0.2, 0.25) is 5.91 Å². The maximum absolute atomic E-state index is 12.3. The Hall–Kier alpha value is -1.99. The van der Waals surface area contributed by atoms with Crippen LogP contribution in [0.1, 0.15) is 33.6 Å². The van der Waals surface area contributed by atoms with Crippen LogP contribution in [-0.2, 0) is 9.53 Å². The third-order valence-corrected chi connectivity index (χ3v) is 4.70. The molecular formula is C21H32ClN3O4. The molecule has 1 aliphatic rings. The summed E-state index contributed by atoms with van der Waals surface area (Å²) in [6, 6.07) is 7.34. The predicted molar refractivity (Wildman–Crippen MR) is 113 cm³/mol. The fraction of sp³-hybridized carbons (Fsp3) is 0.619. The molecule has 8 heteroatoms. The minimum Gasteiger partial charge on any atom is -0.492 e. The Kier molecular flexibility index (Phi) is 9.04. The molecule has 0 atom stereocenters. The number of hydrogen-bond acceptors (Lipinski definition) is 5. The molecule has 1 N–H and O–H groups in total. The average molecular weight is 426 g/mol. The number of halogens is 1. The van der Waals surface area contributed by atoms with Crippen molar-refractivity contribution >= 4 is 23.6 Å². The summed E-state index contributed by atoms with van der Waals surface area (Å²) in [6.07, 6.45) is 0.585. The van der Waals surface area contributed by atoms with Gasteiger partial charge in [0.05, 0.1) is 0 Å². The molecular weight excluding hydrogens is 394 g/mol. The summed E-state index contributed by atoms with van der Waals surface area (Å²) in [7, 11) is 0. The molecule has 0 saturated carbocycles. The molecule has 1 aliphatic heterocycles. The van der Waals surface area contributed by atoms with Crippen LogP contribution in [0.4, 0.5) is 4.79 Å². The second-order valence-electron chi connectivity index (χ2n) is 8.06. The van der Waals surface area contributed by atoms with E-state index in [4.69, 9.17) is 21.1 Å². The lowest BCUT2D eigenvalue weighted by Crippen LogP contribution is -2.49. The van der Waals surface area contributed by atoms with Crippen molar-refractivity contribution in [1.82, 2.24) is 15.1 Å². The van der Waals surface area contributed by atoms with E-state index in [0.717, 1.165) is 38.5 Å². The van der Waals surface area contributed by atoms with E-state index < -0.39 is 11.7 Å². The molecule has 1 heterocycles. The van der Waals surface area contributed by atoms with E-state index in [9.17, 15) is 9.59 Å². The molecule has 0 spiro atoms. The van der Waals surface area contributed by atoms with E-state index in [1.807, 2.05) is 49.9 Å². The molecule has 2 amide bonds. The van der Waals surface area contributed by atoms with Crippen LogP contribution in [0.15, 0.2) is 24.3 Å². The van der Waals surface area contributed by atoms with Gasteiger partial charge >= 0.3 is 6.09 Å². The number of carbonyl (C=O) groups excluding carboxylic acids is 2. The molecule has 1 fully saturated rings. The molecule has 0 unspecified atom stereocenters. The van der Waals surface area contributed by atoms with Gasteiger partial charge in [-0.25, -0.2) is 4.79 Å². The highest BCUT2D eigenvalue weighted by Crippen LogP contribution is 2.15. The van der Waals surface area contributed by atoms with Crippen LogP contribution in [0.2, 0.25) is 5.02 Å². The van der Waals surface area contributed by atoms with Gasteiger partial charge in [0, 0.05) is 50.7 Å². The first-order valence-corrected chi connectivity index (χ1v) is 10.5. The van der Waals surface area contributed by atoms with Crippen LogP contribution in [-0.4, -0.2) is 73.3 Å². The first-order chi connectivity index (χ1) is 13.7. The third-order valence-electron chi connectivity index (χ3n) is 4.45. The summed E-state index contributed by atoms with van der Waals surface area (Å²) in [5.41, 5.74) is -0.514. The van der Waals surface area contributed by atoms with Crippen LogP contribution in [0, 0.1) is 0 Å². The largest absolute Gasteiger partial charge is 0.492 e. The summed E-state index contributed by atoms with van der Waals surface area (Å²) in [5.74, 6) is 0.941. The first-order valence-electron chi connectivity index (χ1n) is 10.1. The van der Waals surface area contributed by atoms with Gasteiger partial charge in [-0.2, -0.15) is 0 Å². The molecule has 1 saturated heterocycles. The summed E-state index contributed by atoms with van der Waals surface area (Å²) < 4.78 is 10.9. The Bertz CT molecular complexity index is 653. The zero-order valence-electron chi connectivity index (χ0n) is 17.6. The van der Waals surface area contributed by atoms with Crippen molar-refractivity contribution in [3.63, 3.8) is 0 Å². The number of amides is 2. The highest BCUT2D eigenvalue weighted by molar-refractivity contribution is 6.30. The lowest BCUT2D eigenvalue weighted by Gasteiger charge is -2.34. The fourth-order valence-corrected chi connectivity index (χ4v) is 3.07. The van der Waals surface area contributed by atoms with Crippen molar-refractivity contribution in [3.8, 4) is 5.75 Å². The van der Waals surface area contributed by atoms with Gasteiger partial charge in [-0.05, 0) is 51.5 Å². The lowest BCUT2D eigenvalue weighted by molar-refractivity contribution is -0.133. The molecule has 0 aliphatic carbocycles. The van der Waals surface area contributed by atoms with Gasteiger partial charge in [-0.1, -0.05) is 11.6 Å². The van der Waals surface area contributed by atoms with Crippen molar-refractivity contribution in [3.05, 3.63) is 29.3 Å². The lowest BCUT2D eigenvalue weighted by atomic mass is 10.2. The molecule has 29 heavy (non-hydrogen) atoms. The van der Waals surface area contributed by atoms with Gasteiger partial charge in [0.25, 0.3) is 0 Å². The Morgan fingerprint density at radius 3 is 2.38 bits per heavy atom. The normalized spacial score (nSPS) is 15.1. The standard InChI is InChI=1S/C21H32ClN3O4/c1-21(2,3)29-20(27)23-10-4-5-19(26)25-13-11-24(12-14-25)15-16-28-18-8-6-17(22)7-9-18/h6-9H,4-5,10-16H2,1-3H3,(H,23,27). The quantitative estimate of drug-likeness (QED) is 0.648. The number of piperazine rings is 1. The molecule has 1 aromatic rings. The number of benzene rings is 1. The van der Waals surface area contributed by atoms with Gasteiger partial charge < -0.3 is 19.7 Å². The number of ether oxygens (including phenoxy) is 2. The Balaban J connectivity index is 1.55. The Morgan fingerprint density at radius 2 is 1.76 bits per heavy atom. The number of hydrogen-bond donors (Lipinski definition) is 1. The van der Waals surface area contributed by atoms with E-state index in [2.05, 4.69) is 10.2 Å². The van der Waals surface area contributed by atoms with Crippen molar-refractivity contribution in [1.29, 1.82) is 0 Å². The summed E-state index contributed by atoms with van der Waals surface area (Å²) >= 11 is 5.86. The second kappa shape index (κ2) is 11.3. The highest BCUT2D eigenvalue weighted by atomic mass is 35.5. The van der Waals surface area contributed by atoms with Crippen molar-refractivity contribution < 1.29 is 19.1 Å². The molecule has 0 radical (unpaired) electrons. The smallest absolute Gasteiger partial charge is 0.407 e. The average Bonchev–Trinajstić information content (AvgIpc) is 2.66. The SMILES string of the molecule is CC(C)(C)OC(=O)NCCCC(=O)N1CCN(CCOc2ccc(Cl)cc2)CC1. The van der Waals surface area contributed by atoms with Gasteiger partial charge in [0.1, 0.15) is 18.0 Å². The molecule has 7 nitrogen and oxygen atoms in total. The Morgan fingerprint density at radius 1 is 1.10 bits per heavy atom. The zero-order chi connectivity index (χ0) is 21.3. The van der Waals surface area contributed by atoms with Crippen LogP contribution < -0.4 is 10.1 Å². The molecule has 162 valence electrons. The Labute approximate surface area is 178 Å². The van der Waals surface area contributed by atoms with Gasteiger partial charge in [-0.15, -0.1) is 0 Å². The van der Waals surface area contributed by atoms with Crippen molar-refractivity contribution in [2.24, 2.45) is 0 Å². The molecule has 2 rings (SSSR count). The molecule has 1 aromatic carbocycles. The van der Waals surface area contributed by atoms with Crippen LogP contribution in [0.25, 0.3) is 0 Å². The maximum Gasteiger partial charge on any atom is 0.407 e. The second-order valence-corrected chi connectivity index (χ2v) is 8.49. The van der Waals surface area contributed by atoms with Gasteiger partial charge in [-0.3, -0.25) is 9.69 Å². The van der Waals surface area contributed by atoms with Gasteiger partial charge in [0.15, 0.2) is 0 Å². The van der Waals surface area contributed by atoms with Crippen LogP contribution in [0.3, 0.4) is 0 Å².